The van der Waals surface area contributed by atoms with Gasteiger partial charge in [-0.2, -0.15) is 0 Å². The number of hydrogen-bond donors (Lipinski definition) is 0. The van der Waals surface area contributed by atoms with E-state index in [1.807, 2.05) is 19.9 Å². The van der Waals surface area contributed by atoms with Crippen LogP contribution in [0.25, 0.3) is 11.5 Å². The van der Waals surface area contributed by atoms with Gasteiger partial charge in [0.15, 0.2) is 16.7 Å². The molecule has 0 amide bonds. The van der Waals surface area contributed by atoms with Gasteiger partial charge in [-0.3, -0.25) is 0 Å². The fourth-order valence-electron chi connectivity index (χ4n) is 1.24. The van der Waals surface area contributed by atoms with Crippen LogP contribution in [0.15, 0.2) is 27.2 Å². The van der Waals surface area contributed by atoms with Gasteiger partial charge in [-0.25, -0.2) is 0 Å². The topological polar surface area (TPSA) is 26.3 Å². The summed E-state index contributed by atoms with van der Waals surface area (Å²) in [4.78, 5) is 0. The van der Waals surface area contributed by atoms with Crippen molar-refractivity contribution in [2.45, 2.75) is 13.8 Å². The van der Waals surface area contributed by atoms with Crippen LogP contribution >= 0.6 is 11.6 Å². The molecule has 3 heteroatoms. The van der Waals surface area contributed by atoms with Gasteiger partial charge in [0.05, 0.1) is 6.26 Å². The van der Waals surface area contributed by atoms with Crippen molar-refractivity contribution in [2.75, 3.05) is 0 Å². The average Bonchev–Trinajstić information content (AvgIpc) is 2.58. The van der Waals surface area contributed by atoms with E-state index < -0.39 is 0 Å². The van der Waals surface area contributed by atoms with Gasteiger partial charge in [0, 0.05) is 5.56 Å². The van der Waals surface area contributed by atoms with E-state index in [2.05, 4.69) is 0 Å². The maximum atomic E-state index is 5.71. The third-order valence-electron chi connectivity index (χ3n) is 1.84. The van der Waals surface area contributed by atoms with Crippen molar-refractivity contribution in [2.24, 2.45) is 0 Å². The summed E-state index contributed by atoms with van der Waals surface area (Å²) in [7, 11) is 0. The van der Waals surface area contributed by atoms with Gasteiger partial charge >= 0.3 is 0 Å². The summed E-state index contributed by atoms with van der Waals surface area (Å²) in [5.41, 5.74) is 2.06. The minimum absolute atomic E-state index is 0.390. The molecule has 0 spiro atoms. The first-order valence-corrected chi connectivity index (χ1v) is 4.36. The summed E-state index contributed by atoms with van der Waals surface area (Å²) in [5, 5.41) is 0.390. The van der Waals surface area contributed by atoms with Crippen LogP contribution in [0.4, 0.5) is 0 Å². The average molecular weight is 197 g/mol. The predicted octanol–water partition coefficient (Wildman–Crippen LogP) is 3.81. The first-order chi connectivity index (χ1) is 6.16. The fraction of sp³-hybridized carbons (Fsp3) is 0.200. The van der Waals surface area contributed by atoms with Crippen LogP contribution in [0.1, 0.15) is 11.1 Å². The summed E-state index contributed by atoms with van der Waals surface area (Å²) in [6.45, 7) is 3.90. The molecule has 0 aromatic carbocycles. The third kappa shape index (κ3) is 1.49. The quantitative estimate of drug-likeness (QED) is 0.693. The molecule has 0 fully saturated rings. The van der Waals surface area contributed by atoms with Crippen molar-refractivity contribution in [1.82, 2.24) is 0 Å². The highest BCUT2D eigenvalue weighted by Gasteiger charge is 2.11. The van der Waals surface area contributed by atoms with Gasteiger partial charge in [0.1, 0.15) is 0 Å². The van der Waals surface area contributed by atoms with Gasteiger partial charge < -0.3 is 8.83 Å². The molecule has 0 aliphatic carbocycles. The normalized spacial score (nSPS) is 10.7. The molecule has 68 valence electrons. The molecule has 0 bridgehead atoms. The largest absolute Gasteiger partial charge is 0.461 e. The zero-order chi connectivity index (χ0) is 9.42. The predicted molar refractivity (Wildman–Crippen MR) is 50.9 cm³/mol. The number of hydrogen-bond acceptors (Lipinski definition) is 2. The van der Waals surface area contributed by atoms with Crippen molar-refractivity contribution in [3.8, 4) is 11.5 Å². The second-order valence-electron chi connectivity index (χ2n) is 3.05. The van der Waals surface area contributed by atoms with Crippen LogP contribution in [-0.2, 0) is 0 Å². The molecule has 0 unspecified atom stereocenters. The number of halogens is 1. The molecular weight excluding hydrogens is 188 g/mol. The second-order valence-corrected chi connectivity index (χ2v) is 3.42. The second kappa shape index (κ2) is 2.96. The molecular formula is C10H9ClO2. The summed E-state index contributed by atoms with van der Waals surface area (Å²) in [6.07, 6.45) is 1.69. The van der Waals surface area contributed by atoms with E-state index in [-0.39, 0.29) is 0 Å². The molecule has 2 rings (SSSR count). The lowest BCUT2D eigenvalue weighted by Crippen LogP contribution is -1.70. The van der Waals surface area contributed by atoms with E-state index in [1.165, 1.54) is 0 Å². The van der Waals surface area contributed by atoms with E-state index >= 15 is 0 Å². The van der Waals surface area contributed by atoms with E-state index in [9.17, 15) is 0 Å². The van der Waals surface area contributed by atoms with Crippen LogP contribution in [0.5, 0.6) is 0 Å². The molecule has 0 aliphatic heterocycles. The standard InChI is InChI=1S/C10H9ClO2/c1-6-3-8(12-5-6)10-7(2)4-9(11)13-10/h3-5H,1-2H3. The van der Waals surface area contributed by atoms with E-state index in [0.717, 1.165) is 16.9 Å². The third-order valence-corrected chi connectivity index (χ3v) is 2.03. The van der Waals surface area contributed by atoms with E-state index in [1.54, 1.807) is 12.3 Å². The van der Waals surface area contributed by atoms with Crippen molar-refractivity contribution < 1.29 is 8.83 Å². The van der Waals surface area contributed by atoms with Crippen molar-refractivity contribution in [1.29, 1.82) is 0 Å². The molecule has 0 saturated heterocycles. The van der Waals surface area contributed by atoms with Crippen molar-refractivity contribution >= 4 is 11.6 Å². The Hall–Kier alpha value is -1.15. The van der Waals surface area contributed by atoms with E-state index in [0.29, 0.717) is 11.0 Å². The highest BCUT2D eigenvalue weighted by Crippen LogP contribution is 2.30. The molecule has 0 N–H and O–H groups in total. The highest BCUT2D eigenvalue weighted by atomic mass is 35.5. The van der Waals surface area contributed by atoms with Crippen LogP contribution < -0.4 is 0 Å². The molecule has 0 atom stereocenters. The number of furan rings is 2. The highest BCUT2D eigenvalue weighted by molar-refractivity contribution is 6.29. The monoisotopic (exact) mass is 196 g/mol. The van der Waals surface area contributed by atoms with Gasteiger partial charge in [-0.05, 0) is 43.1 Å². The fourth-order valence-corrected chi connectivity index (χ4v) is 1.48. The Balaban J connectivity index is 2.51. The smallest absolute Gasteiger partial charge is 0.194 e. The number of aryl methyl sites for hydroxylation is 2. The Kier molecular flexibility index (Phi) is 1.93. The first-order valence-electron chi connectivity index (χ1n) is 3.98. The summed E-state index contributed by atoms with van der Waals surface area (Å²) in [5.74, 6) is 1.43. The van der Waals surface area contributed by atoms with Crippen LogP contribution in [0.3, 0.4) is 0 Å². The van der Waals surface area contributed by atoms with Gasteiger partial charge in [-0.1, -0.05) is 0 Å². The Bertz CT molecular complexity index is 426. The van der Waals surface area contributed by atoms with Gasteiger partial charge in [0.25, 0.3) is 0 Å². The minimum atomic E-state index is 0.390. The molecule has 2 aromatic heterocycles. The van der Waals surface area contributed by atoms with Gasteiger partial charge in [-0.15, -0.1) is 0 Å². The SMILES string of the molecule is Cc1coc(-c2oc(Cl)cc2C)c1. The Morgan fingerprint density at radius 3 is 2.46 bits per heavy atom. The molecule has 0 saturated carbocycles. The molecule has 0 radical (unpaired) electrons. The molecule has 0 aliphatic rings. The molecule has 2 aromatic rings. The minimum Gasteiger partial charge on any atom is -0.461 e. The van der Waals surface area contributed by atoms with Crippen molar-refractivity contribution in [3.05, 3.63) is 34.7 Å². The first kappa shape index (κ1) is 8.45. The lowest BCUT2D eigenvalue weighted by Gasteiger charge is -1.90. The lowest BCUT2D eigenvalue weighted by molar-refractivity contribution is 0.523. The molecule has 2 heterocycles. The maximum absolute atomic E-state index is 5.71. The zero-order valence-electron chi connectivity index (χ0n) is 7.43. The zero-order valence-corrected chi connectivity index (χ0v) is 8.18. The number of rotatable bonds is 1. The van der Waals surface area contributed by atoms with Crippen LogP contribution in [0, 0.1) is 13.8 Å². The Morgan fingerprint density at radius 2 is 2.00 bits per heavy atom. The molecule has 2 nitrogen and oxygen atoms in total. The Labute approximate surface area is 81.1 Å². The maximum Gasteiger partial charge on any atom is 0.194 e. The van der Waals surface area contributed by atoms with Gasteiger partial charge in [0.2, 0.25) is 0 Å². The summed E-state index contributed by atoms with van der Waals surface area (Å²) < 4.78 is 10.6. The summed E-state index contributed by atoms with van der Waals surface area (Å²) >= 11 is 5.71. The van der Waals surface area contributed by atoms with E-state index in [4.69, 9.17) is 20.4 Å². The van der Waals surface area contributed by atoms with Crippen LogP contribution in [0.2, 0.25) is 5.22 Å². The Morgan fingerprint density at radius 1 is 1.23 bits per heavy atom. The van der Waals surface area contributed by atoms with Crippen LogP contribution in [-0.4, -0.2) is 0 Å². The lowest BCUT2D eigenvalue weighted by atomic mass is 10.2. The summed E-state index contributed by atoms with van der Waals surface area (Å²) in [6, 6.07) is 3.69. The molecule has 13 heavy (non-hydrogen) atoms. The van der Waals surface area contributed by atoms with Crippen molar-refractivity contribution in [3.63, 3.8) is 0 Å².